The summed E-state index contributed by atoms with van der Waals surface area (Å²) in [5.41, 5.74) is 5.08. The van der Waals surface area contributed by atoms with Gasteiger partial charge in [0.25, 0.3) is 0 Å². The first-order valence-corrected chi connectivity index (χ1v) is 15.3. The maximum Gasteiger partial charge on any atom is 0.344 e. The van der Waals surface area contributed by atoms with Crippen LogP contribution in [0.3, 0.4) is 0 Å². The molecule has 222 valence electrons. The molecule has 0 unspecified atom stereocenters. The highest BCUT2D eigenvalue weighted by Gasteiger charge is 2.20. The molecule has 0 spiro atoms. The van der Waals surface area contributed by atoms with Gasteiger partial charge in [0.15, 0.2) is 0 Å². The van der Waals surface area contributed by atoms with Gasteiger partial charge in [-0.15, -0.1) is 0 Å². The quantitative estimate of drug-likeness (QED) is 0.134. The van der Waals surface area contributed by atoms with Crippen LogP contribution in [0, 0.1) is 0 Å². The van der Waals surface area contributed by atoms with Crippen molar-refractivity contribution in [3.63, 3.8) is 0 Å². The van der Waals surface area contributed by atoms with Crippen LogP contribution in [0.4, 0.5) is 0 Å². The van der Waals surface area contributed by atoms with Gasteiger partial charge in [0.1, 0.15) is 11.2 Å². The minimum absolute atomic E-state index is 0.302. The highest BCUT2D eigenvalue weighted by atomic mass is 35.5. The zero-order valence-electron chi connectivity index (χ0n) is 24.2. The Hall–Kier alpha value is -5.42. The average Bonchev–Trinajstić information content (AvgIpc) is 3.07. The first kappa shape index (κ1) is 29.3. The molecule has 0 aliphatic rings. The standard InChI is InChI=1S/C40H24Cl2O4/c41-29-17-11-25(12-18-29)15-21-31-33-23-34-32(22-16-26-13-19-30(42)20-14-26)38(28-9-5-2-6-10-28)40(44)46-36(34)24-35(33)45-39(43)37(31)27-7-3-1-4-8-27/h1-24H/b21-15+,22-16+. The fraction of sp³-hybridized carbons (Fsp3) is 0. The lowest BCUT2D eigenvalue weighted by molar-refractivity contribution is 0.551. The summed E-state index contributed by atoms with van der Waals surface area (Å²) in [5.74, 6) is 0. The molecule has 2 heterocycles. The van der Waals surface area contributed by atoms with Crippen LogP contribution in [0.25, 0.3) is 68.5 Å². The largest absolute Gasteiger partial charge is 0.422 e. The van der Waals surface area contributed by atoms with Crippen molar-refractivity contribution in [2.45, 2.75) is 0 Å². The molecule has 0 N–H and O–H groups in total. The van der Waals surface area contributed by atoms with Gasteiger partial charge in [0.2, 0.25) is 0 Å². The van der Waals surface area contributed by atoms with Crippen LogP contribution in [-0.2, 0) is 0 Å². The van der Waals surface area contributed by atoms with Gasteiger partial charge in [-0.05, 0) is 52.6 Å². The molecule has 0 amide bonds. The number of benzene rings is 5. The molecule has 7 aromatic rings. The first-order chi connectivity index (χ1) is 22.4. The van der Waals surface area contributed by atoms with Gasteiger partial charge in [-0.25, -0.2) is 9.59 Å². The van der Waals surface area contributed by atoms with Crippen LogP contribution in [0.1, 0.15) is 22.3 Å². The highest BCUT2D eigenvalue weighted by molar-refractivity contribution is 6.30. The Morgan fingerprint density at radius 3 is 1.24 bits per heavy atom. The summed E-state index contributed by atoms with van der Waals surface area (Å²) in [6.07, 6.45) is 7.69. The van der Waals surface area contributed by atoms with E-state index in [1.54, 1.807) is 6.07 Å². The third-order valence-electron chi connectivity index (χ3n) is 7.76. The van der Waals surface area contributed by atoms with E-state index in [2.05, 4.69) is 0 Å². The molecule has 0 aliphatic carbocycles. The second-order valence-electron chi connectivity index (χ2n) is 10.7. The molecule has 0 atom stereocenters. The smallest absolute Gasteiger partial charge is 0.344 e. The van der Waals surface area contributed by atoms with Crippen LogP contribution in [0.15, 0.2) is 140 Å². The summed E-state index contributed by atoms with van der Waals surface area (Å²) in [6.45, 7) is 0. The SMILES string of the molecule is O=c1oc2cc3oc(=O)c(-c4ccccc4)c(/C=C/c4ccc(Cl)cc4)c3cc2c(/C=C/c2ccc(Cl)cc2)c1-c1ccccc1. The third kappa shape index (κ3) is 5.84. The van der Waals surface area contributed by atoms with Gasteiger partial charge in [-0.2, -0.15) is 0 Å². The van der Waals surface area contributed by atoms with E-state index < -0.39 is 11.3 Å². The minimum atomic E-state index is -0.500. The number of hydrogen-bond donors (Lipinski definition) is 0. The molecular formula is C40H24Cl2O4. The maximum atomic E-state index is 13.6. The van der Waals surface area contributed by atoms with Crippen molar-refractivity contribution in [3.8, 4) is 22.3 Å². The van der Waals surface area contributed by atoms with Crippen molar-refractivity contribution in [2.24, 2.45) is 0 Å². The lowest BCUT2D eigenvalue weighted by atomic mass is 9.93. The second kappa shape index (κ2) is 12.5. The molecule has 46 heavy (non-hydrogen) atoms. The van der Waals surface area contributed by atoms with Gasteiger partial charge in [0, 0.05) is 38.0 Å². The van der Waals surface area contributed by atoms with Crippen molar-refractivity contribution < 1.29 is 8.83 Å². The Balaban J connectivity index is 1.55. The van der Waals surface area contributed by atoms with E-state index in [9.17, 15) is 9.59 Å². The number of fused-ring (bicyclic) bond motifs is 2. The van der Waals surface area contributed by atoms with Gasteiger partial charge in [-0.1, -0.05) is 132 Å². The summed E-state index contributed by atoms with van der Waals surface area (Å²) in [6, 6.07) is 37.3. The molecule has 0 fully saturated rings. The van der Waals surface area contributed by atoms with Crippen molar-refractivity contribution in [1.82, 2.24) is 0 Å². The molecule has 7 rings (SSSR count). The van der Waals surface area contributed by atoms with Crippen LogP contribution >= 0.6 is 23.2 Å². The third-order valence-corrected chi connectivity index (χ3v) is 8.27. The van der Waals surface area contributed by atoms with Crippen molar-refractivity contribution in [2.75, 3.05) is 0 Å². The van der Waals surface area contributed by atoms with E-state index in [1.807, 2.05) is 140 Å². The zero-order valence-corrected chi connectivity index (χ0v) is 25.8. The summed E-state index contributed by atoms with van der Waals surface area (Å²) in [4.78, 5) is 27.1. The van der Waals surface area contributed by atoms with E-state index in [1.165, 1.54) is 0 Å². The van der Waals surface area contributed by atoms with Crippen LogP contribution in [0.2, 0.25) is 10.0 Å². The molecule has 2 aromatic heterocycles. The van der Waals surface area contributed by atoms with Gasteiger partial charge >= 0.3 is 11.3 Å². The molecule has 0 aliphatic heterocycles. The van der Waals surface area contributed by atoms with Crippen molar-refractivity contribution in [1.29, 1.82) is 0 Å². The molecule has 0 saturated carbocycles. The normalized spacial score (nSPS) is 11.7. The fourth-order valence-electron chi connectivity index (χ4n) is 5.55. The fourth-order valence-corrected chi connectivity index (χ4v) is 5.80. The van der Waals surface area contributed by atoms with Gasteiger partial charge in [0.05, 0.1) is 11.1 Å². The molecule has 5 aromatic carbocycles. The van der Waals surface area contributed by atoms with Crippen LogP contribution in [-0.4, -0.2) is 0 Å². The zero-order chi connectivity index (χ0) is 31.6. The predicted molar refractivity (Wildman–Crippen MR) is 190 cm³/mol. The van der Waals surface area contributed by atoms with E-state index in [0.29, 0.717) is 54.2 Å². The molecule has 4 nitrogen and oxygen atoms in total. The molecule has 0 bridgehead atoms. The van der Waals surface area contributed by atoms with E-state index >= 15 is 0 Å². The molecule has 0 saturated heterocycles. The Bertz CT molecular complexity index is 2220. The Morgan fingerprint density at radius 1 is 0.457 bits per heavy atom. The Morgan fingerprint density at radius 2 is 0.848 bits per heavy atom. The lowest BCUT2D eigenvalue weighted by Gasteiger charge is -2.13. The number of hydrogen-bond acceptors (Lipinski definition) is 4. The van der Waals surface area contributed by atoms with E-state index in [-0.39, 0.29) is 0 Å². The molecule has 6 heteroatoms. The van der Waals surface area contributed by atoms with E-state index in [4.69, 9.17) is 32.0 Å². The highest BCUT2D eigenvalue weighted by Crippen LogP contribution is 2.36. The van der Waals surface area contributed by atoms with E-state index in [0.717, 1.165) is 22.3 Å². The van der Waals surface area contributed by atoms with Gasteiger partial charge in [-0.3, -0.25) is 0 Å². The first-order valence-electron chi connectivity index (χ1n) is 14.5. The Labute approximate surface area is 274 Å². The van der Waals surface area contributed by atoms with Gasteiger partial charge < -0.3 is 8.83 Å². The average molecular weight is 640 g/mol. The molecular weight excluding hydrogens is 615 g/mol. The summed E-state index contributed by atoms with van der Waals surface area (Å²) in [7, 11) is 0. The summed E-state index contributed by atoms with van der Waals surface area (Å²) < 4.78 is 11.8. The van der Waals surface area contributed by atoms with Crippen molar-refractivity contribution >= 4 is 69.4 Å². The summed E-state index contributed by atoms with van der Waals surface area (Å²) in [5, 5.41) is 2.64. The predicted octanol–water partition coefficient (Wildman–Crippen LogP) is 10.9. The monoisotopic (exact) mass is 638 g/mol. The summed E-state index contributed by atoms with van der Waals surface area (Å²) >= 11 is 12.2. The minimum Gasteiger partial charge on any atom is -0.422 e. The second-order valence-corrected chi connectivity index (χ2v) is 11.6. The lowest BCUT2D eigenvalue weighted by Crippen LogP contribution is -2.08. The Kier molecular flexibility index (Phi) is 7.98. The number of rotatable bonds is 6. The topological polar surface area (TPSA) is 60.4 Å². The van der Waals surface area contributed by atoms with Crippen molar-refractivity contribution in [3.05, 3.63) is 174 Å². The maximum absolute atomic E-state index is 13.6. The number of halogens is 2. The van der Waals surface area contributed by atoms with Crippen LogP contribution in [0.5, 0.6) is 0 Å². The van der Waals surface area contributed by atoms with Crippen LogP contribution < -0.4 is 11.3 Å². The molecule has 0 radical (unpaired) electrons.